The Morgan fingerprint density at radius 1 is 0.970 bits per heavy atom. The van der Waals surface area contributed by atoms with Crippen molar-refractivity contribution in [2.24, 2.45) is 0 Å². The number of imidazole rings is 1. The molecule has 4 aromatic rings. The summed E-state index contributed by atoms with van der Waals surface area (Å²) in [5.41, 5.74) is 3.67. The van der Waals surface area contributed by atoms with Crippen molar-refractivity contribution in [2.45, 2.75) is 43.7 Å². The second-order valence-corrected chi connectivity index (χ2v) is 8.87. The number of H-pyrrole nitrogens is 1. The van der Waals surface area contributed by atoms with Gasteiger partial charge >= 0.3 is 6.18 Å². The van der Waals surface area contributed by atoms with E-state index in [4.69, 9.17) is 4.98 Å². The van der Waals surface area contributed by atoms with E-state index in [0.29, 0.717) is 17.0 Å². The third kappa shape index (κ3) is 3.27. The van der Waals surface area contributed by atoms with Gasteiger partial charge in [0.25, 0.3) is 0 Å². The summed E-state index contributed by atoms with van der Waals surface area (Å²) < 4.78 is 39.4. The van der Waals surface area contributed by atoms with Gasteiger partial charge in [-0.2, -0.15) is 13.2 Å². The number of hydrogen-bond donors (Lipinski definition) is 1. The number of alkyl halides is 3. The van der Waals surface area contributed by atoms with Crippen molar-refractivity contribution in [1.82, 2.24) is 19.9 Å². The smallest absolute Gasteiger partial charge is 0.340 e. The van der Waals surface area contributed by atoms with Crippen molar-refractivity contribution >= 4 is 22.5 Å². The average molecular weight is 449 g/mol. The first-order valence-electron chi connectivity index (χ1n) is 11.2. The fourth-order valence-corrected chi connectivity index (χ4v) is 5.02. The highest BCUT2D eigenvalue weighted by atomic mass is 19.4. The van der Waals surface area contributed by atoms with Crippen molar-refractivity contribution in [3.8, 4) is 0 Å². The van der Waals surface area contributed by atoms with E-state index < -0.39 is 17.2 Å². The Bertz CT molecular complexity index is 1330. The van der Waals surface area contributed by atoms with Gasteiger partial charge in [-0.1, -0.05) is 24.6 Å². The number of aromatic amines is 1. The summed E-state index contributed by atoms with van der Waals surface area (Å²) in [5, 5.41) is 0. The van der Waals surface area contributed by atoms with Gasteiger partial charge in [-0.25, -0.2) is 9.97 Å². The molecule has 2 aliphatic rings. The molecule has 33 heavy (non-hydrogen) atoms. The minimum Gasteiger partial charge on any atom is -0.340 e. The number of nitrogens with zero attached hydrogens (tertiary/aromatic N) is 4. The molecule has 1 N–H and O–H groups in total. The molecule has 0 bridgehead atoms. The lowest BCUT2D eigenvalue weighted by Crippen LogP contribution is -2.38. The highest BCUT2D eigenvalue weighted by molar-refractivity contribution is 5.72. The second-order valence-electron chi connectivity index (χ2n) is 8.87. The normalized spacial score (nSPS) is 17.6. The topological polar surface area (TPSA) is 57.7 Å². The molecule has 3 aromatic heterocycles. The molecule has 1 saturated carbocycles. The first-order chi connectivity index (χ1) is 15.9. The maximum absolute atomic E-state index is 13.1. The number of anilines is 2. The molecule has 6 rings (SSSR count). The number of aryl methyl sites for hydroxylation is 1. The fraction of sp³-hybridized carbons (Fsp3) is 0.320. The number of benzene rings is 1. The zero-order valence-corrected chi connectivity index (χ0v) is 17.9. The molecule has 8 heteroatoms. The summed E-state index contributed by atoms with van der Waals surface area (Å²) in [4.78, 5) is 19.1. The summed E-state index contributed by atoms with van der Waals surface area (Å²) in [6, 6.07) is 15.6. The van der Waals surface area contributed by atoms with Crippen LogP contribution in [0.5, 0.6) is 0 Å². The Morgan fingerprint density at radius 3 is 2.52 bits per heavy atom. The molecule has 4 heterocycles. The summed E-state index contributed by atoms with van der Waals surface area (Å²) in [6.07, 6.45) is 1.05. The quantitative estimate of drug-likeness (QED) is 0.421. The second kappa shape index (κ2) is 7.30. The van der Waals surface area contributed by atoms with E-state index in [9.17, 15) is 13.2 Å². The number of pyridine rings is 2. The summed E-state index contributed by atoms with van der Waals surface area (Å²) in [5.74, 6) is 0.652. The van der Waals surface area contributed by atoms with Crippen LogP contribution in [0, 0.1) is 0 Å². The number of aromatic nitrogens is 4. The van der Waals surface area contributed by atoms with E-state index in [1.54, 1.807) is 0 Å². The van der Waals surface area contributed by atoms with Crippen LogP contribution >= 0.6 is 0 Å². The van der Waals surface area contributed by atoms with Crippen LogP contribution in [0.3, 0.4) is 0 Å². The van der Waals surface area contributed by atoms with Crippen molar-refractivity contribution in [1.29, 1.82) is 0 Å². The van der Waals surface area contributed by atoms with Gasteiger partial charge in [0.2, 0.25) is 0 Å². The molecule has 5 nitrogen and oxygen atoms in total. The molecule has 0 radical (unpaired) electrons. The molecular weight excluding hydrogens is 427 g/mol. The zero-order chi connectivity index (χ0) is 22.6. The highest BCUT2D eigenvalue weighted by Gasteiger charge is 2.45. The predicted molar refractivity (Wildman–Crippen MR) is 120 cm³/mol. The van der Waals surface area contributed by atoms with Gasteiger partial charge in [0, 0.05) is 18.4 Å². The molecule has 1 fully saturated rings. The maximum Gasteiger partial charge on any atom is 0.417 e. The Kier molecular flexibility index (Phi) is 4.47. The maximum atomic E-state index is 13.1. The Balaban J connectivity index is 1.40. The van der Waals surface area contributed by atoms with Gasteiger partial charge in [0.15, 0.2) is 5.65 Å². The lowest BCUT2D eigenvalue weighted by molar-refractivity contribution is -0.137. The van der Waals surface area contributed by atoms with Gasteiger partial charge < -0.3 is 9.88 Å². The molecule has 0 atom stereocenters. The summed E-state index contributed by atoms with van der Waals surface area (Å²) in [7, 11) is 0. The third-order valence-corrected chi connectivity index (χ3v) is 6.92. The van der Waals surface area contributed by atoms with E-state index in [-0.39, 0.29) is 0 Å². The van der Waals surface area contributed by atoms with E-state index >= 15 is 0 Å². The van der Waals surface area contributed by atoms with Crippen molar-refractivity contribution in [2.75, 3.05) is 11.4 Å². The van der Waals surface area contributed by atoms with E-state index in [1.165, 1.54) is 0 Å². The standard InChI is InChI=1S/C25H22F3N5/c26-25(27,28)16-14-19-22(29-15-16)32-23(31-19)24(11-5-12-24)21-10-9-20-18(30-21)8-4-13-33(20)17-6-2-1-3-7-17/h1-3,6-7,9-10,14-15H,4-5,8,11-13H2,(H,29,31,32). The van der Waals surface area contributed by atoms with E-state index in [2.05, 4.69) is 44.1 Å². The number of rotatable bonds is 3. The zero-order valence-electron chi connectivity index (χ0n) is 17.9. The minimum atomic E-state index is -4.44. The molecule has 1 aliphatic carbocycles. The number of para-hydroxylation sites is 1. The summed E-state index contributed by atoms with van der Waals surface area (Å²) in [6.45, 7) is 0.944. The van der Waals surface area contributed by atoms with Gasteiger partial charge in [0.1, 0.15) is 5.82 Å². The summed E-state index contributed by atoms with van der Waals surface area (Å²) >= 11 is 0. The SMILES string of the molecule is FC(F)(F)c1cnc2nc(C3(c4ccc5c(n4)CCCN5c4ccccc4)CCC3)[nH]c2c1. The molecule has 0 saturated heterocycles. The van der Waals surface area contributed by atoms with Crippen LogP contribution in [0.25, 0.3) is 11.2 Å². The van der Waals surface area contributed by atoms with Crippen LogP contribution in [0.15, 0.2) is 54.7 Å². The first kappa shape index (κ1) is 20.2. The van der Waals surface area contributed by atoms with Crippen LogP contribution in [0.4, 0.5) is 24.5 Å². The van der Waals surface area contributed by atoms with Gasteiger partial charge in [-0.3, -0.25) is 4.98 Å². The molecule has 1 aromatic carbocycles. The van der Waals surface area contributed by atoms with Gasteiger partial charge in [-0.15, -0.1) is 0 Å². The molecule has 0 unspecified atom stereocenters. The molecular formula is C25H22F3N5. The van der Waals surface area contributed by atoms with Crippen LogP contribution in [-0.4, -0.2) is 26.5 Å². The molecule has 1 aliphatic heterocycles. The van der Waals surface area contributed by atoms with Crippen LogP contribution in [0.1, 0.15) is 48.5 Å². The number of halogens is 3. The lowest BCUT2D eigenvalue weighted by atomic mass is 9.65. The fourth-order valence-electron chi connectivity index (χ4n) is 5.02. The molecule has 0 spiro atoms. The van der Waals surface area contributed by atoms with Crippen molar-refractivity contribution < 1.29 is 13.2 Å². The Morgan fingerprint density at radius 2 is 1.79 bits per heavy atom. The van der Waals surface area contributed by atoms with E-state index in [1.807, 2.05) is 18.2 Å². The largest absolute Gasteiger partial charge is 0.417 e. The first-order valence-corrected chi connectivity index (χ1v) is 11.2. The minimum absolute atomic E-state index is 0.303. The monoisotopic (exact) mass is 449 g/mol. The Hall–Kier alpha value is -3.42. The van der Waals surface area contributed by atoms with Crippen molar-refractivity contribution in [3.63, 3.8) is 0 Å². The third-order valence-electron chi connectivity index (χ3n) is 6.92. The van der Waals surface area contributed by atoms with Crippen LogP contribution in [-0.2, 0) is 18.0 Å². The van der Waals surface area contributed by atoms with E-state index in [0.717, 1.165) is 73.7 Å². The predicted octanol–water partition coefficient (Wildman–Crippen LogP) is 5.93. The lowest BCUT2D eigenvalue weighted by Gasteiger charge is -2.40. The van der Waals surface area contributed by atoms with Gasteiger partial charge in [-0.05, 0) is 56.0 Å². The average Bonchev–Trinajstić information content (AvgIpc) is 3.21. The Labute approximate surface area is 188 Å². The van der Waals surface area contributed by atoms with Crippen LogP contribution in [0.2, 0.25) is 0 Å². The van der Waals surface area contributed by atoms with Gasteiger partial charge in [0.05, 0.1) is 33.6 Å². The number of nitrogens with one attached hydrogen (secondary N) is 1. The number of hydrogen-bond acceptors (Lipinski definition) is 4. The molecule has 168 valence electrons. The molecule has 0 amide bonds. The van der Waals surface area contributed by atoms with Crippen LogP contribution < -0.4 is 4.90 Å². The highest BCUT2D eigenvalue weighted by Crippen LogP contribution is 2.48. The van der Waals surface area contributed by atoms with Crippen molar-refractivity contribution in [3.05, 3.63) is 77.5 Å². The number of fused-ring (bicyclic) bond motifs is 2.